The molecule has 2 aromatic rings. The number of fused-ring (bicyclic) bond motifs is 1. The van der Waals surface area contributed by atoms with Crippen molar-refractivity contribution in [3.63, 3.8) is 0 Å². The Morgan fingerprint density at radius 2 is 1.87 bits per heavy atom. The lowest BCUT2D eigenvalue weighted by Gasteiger charge is -2.33. The third-order valence-electron chi connectivity index (χ3n) is 5.66. The number of nitrogens with one attached hydrogen (secondary N) is 1. The molecule has 0 saturated carbocycles. The third kappa shape index (κ3) is 4.93. The molecule has 1 aliphatic rings. The van der Waals surface area contributed by atoms with E-state index in [2.05, 4.69) is 26.1 Å². The van der Waals surface area contributed by atoms with Gasteiger partial charge < -0.3 is 14.8 Å². The Kier molecular flexibility index (Phi) is 6.66. The highest BCUT2D eigenvalue weighted by Crippen LogP contribution is 2.44. The van der Waals surface area contributed by atoms with Crippen molar-refractivity contribution in [3.05, 3.63) is 51.9 Å². The summed E-state index contributed by atoms with van der Waals surface area (Å²) in [6, 6.07) is 7.43. The summed E-state index contributed by atoms with van der Waals surface area (Å²) in [6.07, 6.45) is 5.98. The summed E-state index contributed by atoms with van der Waals surface area (Å²) in [7, 11) is 2.99. The van der Waals surface area contributed by atoms with Crippen LogP contribution in [0.2, 0.25) is 0 Å². The number of rotatable bonds is 5. The van der Waals surface area contributed by atoms with Gasteiger partial charge in [0.05, 0.1) is 19.8 Å². The van der Waals surface area contributed by atoms with E-state index in [1.165, 1.54) is 29.4 Å². The summed E-state index contributed by atoms with van der Waals surface area (Å²) in [6.45, 7) is 6.76. The zero-order valence-electron chi connectivity index (χ0n) is 18.2. The van der Waals surface area contributed by atoms with Crippen LogP contribution in [0, 0.1) is 11.3 Å². The van der Waals surface area contributed by atoms with E-state index in [4.69, 9.17) is 9.47 Å². The fourth-order valence-electron chi connectivity index (χ4n) is 3.77. The Balaban J connectivity index is 1.81. The molecule has 0 bridgehead atoms. The number of carbonyl (C=O) groups excluding carboxylic acids is 2. The Labute approximate surface area is 182 Å². The summed E-state index contributed by atoms with van der Waals surface area (Å²) in [5, 5.41) is 3.47. The molecule has 1 N–H and O–H groups in total. The molecule has 6 heteroatoms. The first-order valence-electron chi connectivity index (χ1n) is 10.1. The van der Waals surface area contributed by atoms with Crippen LogP contribution in [0.4, 0.5) is 5.00 Å². The van der Waals surface area contributed by atoms with Gasteiger partial charge in [-0.3, -0.25) is 4.79 Å². The van der Waals surface area contributed by atoms with Crippen molar-refractivity contribution in [2.75, 3.05) is 19.5 Å². The first kappa shape index (κ1) is 22.1. The molecular weight excluding hydrogens is 398 g/mol. The molecule has 5 nitrogen and oxygen atoms in total. The average Bonchev–Trinajstić information content (AvgIpc) is 3.08. The van der Waals surface area contributed by atoms with Crippen molar-refractivity contribution < 1.29 is 19.1 Å². The fourth-order valence-corrected chi connectivity index (χ4v) is 5.09. The maximum absolute atomic E-state index is 12.5. The van der Waals surface area contributed by atoms with E-state index < -0.39 is 5.97 Å². The van der Waals surface area contributed by atoms with Crippen molar-refractivity contribution in [3.8, 4) is 5.75 Å². The van der Waals surface area contributed by atoms with Crippen LogP contribution in [-0.4, -0.2) is 26.1 Å². The van der Waals surface area contributed by atoms with Gasteiger partial charge in [0.25, 0.3) is 0 Å². The highest BCUT2D eigenvalue weighted by molar-refractivity contribution is 7.17. The zero-order chi connectivity index (χ0) is 21.9. The lowest BCUT2D eigenvalue weighted by molar-refractivity contribution is -0.111. The van der Waals surface area contributed by atoms with Crippen molar-refractivity contribution in [2.45, 2.75) is 40.0 Å². The number of hydrogen-bond donors (Lipinski definition) is 1. The lowest BCUT2D eigenvalue weighted by atomic mass is 9.72. The predicted octanol–water partition coefficient (Wildman–Crippen LogP) is 5.35. The molecule has 30 heavy (non-hydrogen) atoms. The van der Waals surface area contributed by atoms with Gasteiger partial charge in [0, 0.05) is 11.0 Å². The quantitative estimate of drug-likeness (QED) is 0.516. The topological polar surface area (TPSA) is 64.6 Å². The van der Waals surface area contributed by atoms with Crippen LogP contribution >= 0.6 is 11.3 Å². The molecule has 1 aromatic carbocycles. The summed E-state index contributed by atoms with van der Waals surface area (Å²) in [4.78, 5) is 26.2. The van der Waals surface area contributed by atoms with Gasteiger partial charge >= 0.3 is 5.97 Å². The summed E-state index contributed by atoms with van der Waals surface area (Å²) < 4.78 is 10.2. The van der Waals surface area contributed by atoms with Crippen molar-refractivity contribution in [1.29, 1.82) is 0 Å². The Hall–Kier alpha value is -2.60. The molecular formula is C24H29NO4S. The number of esters is 1. The highest BCUT2D eigenvalue weighted by Gasteiger charge is 2.34. The van der Waals surface area contributed by atoms with Gasteiger partial charge in [0.15, 0.2) is 0 Å². The molecule has 1 atom stereocenters. The monoisotopic (exact) mass is 427 g/mol. The van der Waals surface area contributed by atoms with Crippen LogP contribution < -0.4 is 10.1 Å². The van der Waals surface area contributed by atoms with Crippen LogP contribution in [0.25, 0.3) is 6.08 Å². The van der Waals surface area contributed by atoms with E-state index in [9.17, 15) is 9.59 Å². The van der Waals surface area contributed by atoms with Gasteiger partial charge in [-0.2, -0.15) is 0 Å². The number of carbonyl (C=O) groups is 2. The fraction of sp³-hybridized carbons (Fsp3) is 0.417. The van der Waals surface area contributed by atoms with Gasteiger partial charge in [-0.15, -0.1) is 11.3 Å². The van der Waals surface area contributed by atoms with E-state index in [0.29, 0.717) is 16.5 Å². The van der Waals surface area contributed by atoms with Gasteiger partial charge in [-0.1, -0.05) is 32.9 Å². The second-order valence-corrected chi connectivity index (χ2v) is 9.71. The largest absolute Gasteiger partial charge is 0.497 e. The molecule has 3 rings (SSSR count). The second kappa shape index (κ2) is 9.04. The number of amides is 1. The first-order valence-corrected chi connectivity index (χ1v) is 10.9. The maximum atomic E-state index is 12.5. The van der Waals surface area contributed by atoms with Crippen LogP contribution in [0.1, 0.15) is 53.6 Å². The smallest absolute Gasteiger partial charge is 0.341 e. The summed E-state index contributed by atoms with van der Waals surface area (Å²) >= 11 is 1.50. The standard InChI is InChI=1S/C24H29NO4S/c1-24(2,3)16-9-12-18-19(14-16)30-22(21(18)23(27)29-5)25-20(26)13-8-15-6-10-17(28-4)11-7-15/h6-8,10-11,13,16H,9,12,14H2,1-5H3,(H,25,26)/b13-8+. The number of benzene rings is 1. The minimum absolute atomic E-state index is 0.206. The number of methoxy groups -OCH3 is 2. The average molecular weight is 428 g/mol. The Morgan fingerprint density at radius 1 is 1.17 bits per heavy atom. The molecule has 0 spiro atoms. The molecule has 0 fully saturated rings. The highest BCUT2D eigenvalue weighted by atomic mass is 32.1. The molecule has 1 unspecified atom stereocenters. The SMILES string of the molecule is COC(=O)c1c(NC(=O)/C=C/c2ccc(OC)cc2)sc2c1CCC(C(C)(C)C)C2. The van der Waals surface area contributed by atoms with Crippen molar-refractivity contribution in [1.82, 2.24) is 0 Å². The van der Waals surface area contributed by atoms with E-state index in [1.807, 2.05) is 24.3 Å². The summed E-state index contributed by atoms with van der Waals surface area (Å²) in [5.41, 5.74) is 2.63. The van der Waals surface area contributed by atoms with E-state index >= 15 is 0 Å². The van der Waals surface area contributed by atoms with Crippen molar-refractivity contribution >= 4 is 34.3 Å². The number of thiophene rings is 1. The minimum atomic E-state index is -0.392. The molecule has 0 aliphatic heterocycles. The van der Waals surface area contributed by atoms with E-state index in [1.54, 1.807) is 13.2 Å². The Bertz CT molecular complexity index is 951. The van der Waals surface area contributed by atoms with Crippen LogP contribution in [0.5, 0.6) is 5.75 Å². The van der Waals surface area contributed by atoms with Gasteiger partial charge in [-0.25, -0.2) is 4.79 Å². The van der Waals surface area contributed by atoms with Crippen LogP contribution in [0.3, 0.4) is 0 Å². The normalized spacial score (nSPS) is 16.2. The molecule has 1 amide bonds. The van der Waals surface area contributed by atoms with Crippen LogP contribution in [0.15, 0.2) is 30.3 Å². The predicted molar refractivity (Wildman–Crippen MR) is 121 cm³/mol. The molecule has 0 saturated heterocycles. The third-order valence-corrected chi connectivity index (χ3v) is 6.83. The lowest BCUT2D eigenvalue weighted by Crippen LogP contribution is -2.26. The first-order chi connectivity index (χ1) is 14.2. The number of ether oxygens (including phenoxy) is 2. The molecule has 1 heterocycles. The van der Waals surface area contributed by atoms with E-state index in [-0.39, 0.29) is 11.3 Å². The summed E-state index contributed by atoms with van der Waals surface area (Å²) in [5.74, 6) is 0.641. The number of anilines is 1. The van der Waals surface area contributed by atoms with E-state index in [0.717, 1.165) is 36.1 Å². The maximum Gasteiger partial charge on any atom is 0.341 e. The molecule has 0 radical (unpaired) electrons. The van der Waals surface area contributed by atoms with Gasteiger partial charge in [0.2, 0.25) is 5.91 Å². The van der Waals surface area contributed by atoms with Crippen LogP contribution in [-0.2, 0) is 22.4 Å². The minimum Gasteiger partial charge on any atom is -0.497 e. The second-order valence-electron chi connectivity index (χ2n) is 8.60. The van der Waals surface area contributed by atoms with Crippen molar-refractivity contribution in [2.24, 2.45) is 11.3 Å². The Morgan fingerprint density at radius 3 is 2.47 bits per heavy atom. The zero-order valence-corrected chi connectivity index (χ0v) is 19.0. The molecule has 1 aliphatic carbocycles. The van der Waals surface area contributed by atoms with Gasteiger partial charge in [-0.05, 0) is 59.9 Å². The van der Waals surface area contributed by atoms with Gasteiger partial charge in [0.1, 0.15) is 10.8 Å². The molecule has 160 valence electrons. The molecule has 1 aromatic heterocycles. The number of hydrogen-bond acceptors (Lipinski definition) is 5.